The molecule has 2 aromatic rings. The highest BCUT2D eigenvalue weighted by atomic mass is 127. The van der Waals surface area contributed by atoms with Crippen LogP contribution in [0.3, 0.4) is 0 Å². The maximum atomic E-state index is 12.9. The molecule has 0 fully saturated rings. The summed E-state index contributed by atoms with van der Waals surface area (Å²) in [6.07, 6.45) is 0.702. The van der Waals surface area contributed by atoms with E-state index >= 15 is 0 Å². The van der Waals surface area contributed by atoms with Crippen LogP contribution in [0.25, 0.3) is 0 Å². The molecule has 2 rings (SSSR count). The average molecular weight is 390 g/mol. The molecule has 0 aliphatic carbocycles. The number of carbonyl (C=O) groups is 1. The molecule has 0 unspecified atom stereocenters. The zero-order valence-corrected chi connectivity index (χ0v) is 13.2. The van der Waals surface area contributed by atoms with Gasteiger partial charge in [-0.05, 0) is 47.7 Å². The van der Waals surface area contributed by atoms with Crippen LogP contribution in [0.1, 0.15) is 21.1 Å². The van der Waals surface area contributed by atoms with E-state index in [1.807, 2.05) is 34.9 Å². The number of halogens is 2. The molecule has 0 saturated heterocycles. The van der Waals surface area contributed by atoms with Crippen molar-refractivity contribution in [2.24, 2.45) is 0 Å². The lowest BCUT2D eigenvalue weighted by Gasteiger charge is -2.06. The van der Waals surface area contributed by atoms with Gasteiger partial charge in [-0.25, -0.2) is 9.37 Å². The number of amides is 1. The first-order chi connectivity index (χ1) is 9.06. The van der Waals surface area contributed by atoms with Gasteiger partial charge in [0.2, 0.25) is 0 Å². The Morgan fingerprint density at radius 1 is 1.53 bits per heavy atom. The fraction of sp³-hybridized carbons (Fsp3) is 0.231. The smallest absolute Gasteiger partial charge is 0.252 e. The number of thiazole rings is 1. The summed E-state index contributed by atoms with van der Waals surface area (Å²) >= 11 is 3.55. The van der Waals surface area contributed by atoms with Gasteiger partial charge in [0, 0.05) is 21.9 Å². The van der Waals surface area contributed by atoms with Crippen LogP contribution in [0, 0.1) is 16.3 Å². The van der Waals surface area contributed by atoms with Crippen molar-refractivity contribution < 1.29 is 9.18 Å². The van der Waals surface area contributed by atoms with Gasteiger partial charge in [0.15, 0.2) is 0 Å². The van der Waals surface area contributed by atoms with Gasteiger partial charge < -0.3 is 5.32 Å². The summed E-state index contributed by atoms with van der Waals surface area (Å²) in [6, 6.07) is 4.14. The van der Waals surface area contributed by atoms with Crippen molar-refractivity contribution in [2.75, 3.05) is 6.54 Å². The molecule has 19 heavy (non-hydrogen) atoms. The summed E-state index contributed by atoms with van der Waals surface area (Å²) in [7, 11) is 0. The van der Waals surface area contributed by atoms with E-state index in [2.05, 4.69) is 10.3 Å². The molecule has 6 heteroatoms. The van der Waals surface area contributed by atoms with E-state index in [-0.39, 0.29) is 11.7 Å². The van der Waals surface area contributed by atoms with E-state index in [1.165, 1.54) is 18.2 Å². The molecule has 1 N–H and O–H groups in total. The molecule has 1 aromatic heterocycles. The molecular weight excluding hydrogens is 378 g/mol. The van der Waals surface area contributed by atoms with Crippen molar-refractivity contribution >= 4 is 39.8 Å². The van der Waals surface area contributed by atoms with Gasteiger partial charge in [-0.15, -0.1) is 11.3 Å². The fourth-order valence-corrected chi connectivity index (χ4v) is 2.97. The van der Waals surface area contributed by atoms with Crippen LogP contribution >= 0.6 is 33.9 Å². The molecule has 0 aliphatic heterocycles. The zero-order chi connectivity index (χ0) is 13.8. The largest absolute Gasteiger partial charge is 0.352 e. The minimum Gasteiger partial charge on any atom is -0.352 e. The summed E-state index contributed by atoms with van der Waals surface area (Å²) in [6.45, 7) is 2.48. The van der Waals surface area contributed by atoms with Crippen LogP contribution in [0.4, 0.5) is 4.39 Å². The van der Waals surface area contributed by atoms with Gasteiger partial charge in [-0.3, -0.25) is 4.79 Å². The van der Waals surface area contributed by atoms with Gasteiger partial charge in [0.25, 0.3) is 5.91 Å². The van der Waals surface area contributed by atoms with Crippen molar-refractivity contribution in [2.45, 2.75) is 13.3 Å². The number of rotatable bonds is 4. The highest BCUT2D eigenvalue weighted by Gasteiger charge is 2.10. The SMILES string of the molecule is Cc1nc(CCNC(=O)c2ccc(F)cc2I)cs1. The Hall–Kier alpha value is -1.02. The van der Waals surface area contributed by atoms with Gasteiger partial charge >= 0.3 is 0 Å². The zero-order valence-electron chi connectivity index (χ0n) is 10.2. The Kier molecular flexibility index (Phi) is 4.87. The Balaban J connectivity index is 1.90. The third-order valence-electron chi connectivity index (χ3n) is 2.51. The molecule has 100 valence electrons. The van der Waals surface area contributed by atoms with E-state index < -0.39 is 0 Å². The average Bonchev–Trinajstić information content (AvgIpc) is 2.75. The molecular formula is C13H12FIN2OS. The lowest BCUT2D eigenvalue weighted by molar-refractivity contribution is 0.0953. The Morgan fingerprint density at radius 3 is 2.95 bits per heavy atom. The first kappa shape index (κ1) is 14.4. The van der Waals surface area contributed by atoms with Gasteiger partial charge in [-0.2, -0.15) is 0 Å². The van der Waals surface area contributed by atoms with Crippen molar-refractivity contribution in [3.8, 4) is 0 Å². The predicted molar refractivity (Wildman–Crippen MR) is 82.0 cm³/mol. The van der Waals surface area contributed by atoms with Crippen LogP contribution in [-0.2, 0) is 6.42 Å². The van der Waals surface area contributed by atoms with Crippen LogP contribution < -0.4 is 5.32 Å². The standard InChI is InChI=1S/C13H12FIN2OS/c1-8-17-10(7-19-8)4-5-16-13(18)11-3-2-9(14)6-12(11)15/h2-3,6-7H,4-5H2,1H3,(H,16,18). The van der Waals surface area contributed by atoms with E-state index in [0.29, 0.717) is 22.1 Å². The van der Waals surface area contributed by atoms with Crippen molar-refractivity contribution in [1.29, 1.82) is 0 Å². The predicted octanol–water partition coefficient (Wildman–Crippen LogP) is 3.17. The van der Waals surface area contributed by atoms with Crippen LogP contribution in [0.2, 0.25) is 0 Å². The van der Waals surface area contributed by atoms with Crippen LogP contribution in [0.5, 0.6) is 0 Å². The monoisotopic (exact) mass is 390 g/mol. The lowest BCUT2D eigenvalue weighted by atomic mass is 10.2. The highest BCUT2D eigenvalue weighted by molar-refractivity contribution is 14.1. The second kappa shape index (κ2) is 6.42. The quantitative estimate of drug-likeness (QED) is 0.816. The number of benzene rings is 1. The normalized spacial score (nSPS) is 10.5. The molecule has 0 bridgehead atoms. The lowest BCUT2D eigenvalue weighted by Crippen LogP contribution is -2.26. The molecule has 0 radical (unpaired) electrons. The Morgan fingerprint density at radius 2 is 2.32 bits per heavy atom. The Labute approximate surface area is 128 Å². The first-order valence-corrected chi connectivity index (χ1v) is 7.66. The number of nitrogens with zero attached hydrogens (tertiary/aromatic N) is 1. The molecule has 0 spiro atoms. The number of nitrogens with one attached hydrogen (secondary N) is 1. The van der Waals surface area contributed by atoms with Gasteiger partial charge in [0.05, 0.1) is 16.3 Å². The van der Waals surface area contributed by atoms with Gasteiger partial charge in [-0.1, -0.05) is 0 Å². The number of aromatic nitrogens is 1. The molecule has 0 aliphatic rings. The van der Waals surface area contributed by atoms with Crippen molar-refractivity contribution in [3.05, 3.63) is 49.2 Å². The second-order valence-electron chi connectivity index (χ2n) is 3.99. The summed E-state index contributed by atoms with van der Waals surface area (Å²) < 4.78 is 13.6. The van der Waals surface area contributed by atoms with Crippen molar-refractivity contribution in [3.63, 3.8) is 0 Å². The van der Waals surface area contributed by atoms with Crippen molar-refractivity contribution in [1.82, 2.24) is 10.3 Å². The molecule has 1 heterocycles. The van der Waals surface area contributed by atoms with Crippen LogP contribution in [-0.4, -0.2) is 17.4 Å². The van der Waals surface area contributed by atoms with Crippen LogP contribution in [0.15, 0.2) is 23.6 Å². The third-order valence-corrected chi connectivity index (χ3v) is 4.22. The Bertz CT molecular complexity index is 600. The van der Waals surface area contributed by atoms with E-state index in [0.717, 1.165) is 10.7 Å². The second-order valence-corrected chi connectivity index (χ2v) is 6.21. The summed E-state index contributed by atoms with van der Waals surface area (Å²) in [5.74, 6) is -0.518. The minimum absolute atomic E-state index is 0.184. The van der Waals surface area contributed by atoms with E-state index in [4.69, 9.17) is 0 Å². The van der Waals surface area contributed by atoms with E-state index in [1.54, 1.807) is 11.3 Å². The molecule has 3 nitrogen and oxygen atoms in total. The molecule has 1 aromatic carbocycles. The number of hydrogen-bond donors (Lipinski definition) is 1. The van der Waals surface area contributed by atoms with Gasteiger partial charge in [0.1, 0.15) is 5.82 Å². The first-order valence-electron chi connectivity index (χ1n) is 5.70. The summed E-state index contributed by atoms with van der Waals surface area (Å²) in [5, 5.41) is 5.83. The molecule has 0 atom stereocenters. The maximum absolute atomic E-state index is 12.9. The summed E-state index contributed by atoms with van der Waals surface area (Å²) in [5.41, 5.74) is 1.48. The number of hydrogen-bond acceptors (Lipinski definition) is 3. The van der Waals surface area contributed by atoms with E-state index in [9.17, 15) is 9.18 Å². The summed E-state index contributed by atoms with van der Waals surface area (Å²) in [4.78, 5) is 16.2. The molecule has 0 saturated carbocycles. The fourth-order valence-electron chi connectivity index (χ4n) is 1.60. The number of carbonyl (C=O) groups excluding carboxylic acids is 1. The third kappa shape index (κ3) is 3.97. The minimum atomic E-state index is -0.334. The highest BCUT2D eigenvalue weighted by Crippen LogP contribution is 2.14. The maximum Gasteiger partial charge on any atom is 0.252 e. The topological polar surface area (TPSA) is 42.0 Å². The molecule has 1 amide bonds. The number of aryl methyl sites for hydroxylation is 1.